The molecule has 2 aliphatic heterocycles. The monoisotopic (exact) mass is 428 g/mol. The first-order valence-electron chi connectivity index (χ1n) is 9.98. The van der Waals surface area contributed by atoms with Crippen LogP contribution in [-0.2, 0) is 24.3 Å². The van der Waals surface area contributed by atoms with Gasteiger partial charge in [0.05, 0.1) is 4.90 Å². The van der Waals surface area contributed by atoms with Gasteiger partial charge in [-0.05, 0) is 50.3 Å². The van der Waals surface area contributed by atoms with Crippen molar-refractivity contribution in [2.75, 3.05) is 40.0 Å². The van der Waals surface area contributed by atoms with E-state index < -0.39 is 15.8 Å². The molecule has 0 radical (unpaired) electrons. The zero-order valence-corrected chi connectivity index (χ0v) is 17.8. The van der Waals surface area contributed by atoms with E-state index in [1.165, 1.54) is 23.5 Å². The van der Waals surface area contributed by atoms with Crippen LogP contribution in [0.15, 0.2) is 23.1 Å². The molecule has 0 bridgehead atoms. The molecule has 1 unspecified atom stereocenters. The number of piperidine rings is 1. The minimum atomic E-state index is -3.85. The maximum absolute atomic E-state index is 13.7. The molecule has 0 N–H and O–H groups in total. The summed E-state index contributed by atoms with van der Waals surface area (Å²) < 4.78 is 52.0. The molecule has 0 spiro atoms. The molecule has 1 aromatic carbocycles. The lowest BCUT2D eigenvalue weighted by Crippen LogP contribution is -2.56. The molecule has 9 heteroatoms. The van der Waals surface area contributed by atoms with E-state index in [9.17, 15) is 17.6 Å². The molecule has 0 aliphatic carbocycles. The van der Waals surface area contributed by atoms with E-state index in [1.54, 1.807) is 6.92 Å². The predicted molar refractivity (Wildman–Crippen MR) is 105 cm³/mol. The van der Waals surface area contributed by atoms with Gasteiger partial charge in [-0.15, -0.1) is 0 Å². The first-order valence-corrected chi connectivity index (χ1v) is 11.4. The molecular weight excluding hydrogens is 399 g/mol. The Labute approximate surface area is 171 Å². The molecule has 2 fully saturated rings. The summed E-state index contributed by atoms with van der Waals surface area (Å²) in [6.07, 6.45) is 2.81. The molecule has 2 saturated heterocycles. The van der Waals surface area contributed by atoms with Crippen LogP contribution in [0.25, 0.3) is 0 Å². The number of hydrogen-bond acceptors (Lipinski definition) is 5. The lowest BCUT2D eigenvalue weighted by molar-refractivity contribution is -0.143. The van der Waals surface area contributed by atoms with Gasteiger partial charge in [-0.1, -0.05) is 6.07 Å². The molecule has 0 saturated carbocycles. The summed E-state index contributed by atoms with van der Waals surface area (Å²) in [4.78, 5) is 14.6. The first kappa shape index (κ1) is 22.1. The number of ether oxygens (including phenoxy) is 2. The lowest BCUT2D eigenvalue weighted by atomic mass is 9.99. The number of benzene rings is 1. The average Bonchev–Trinajstić information content (AvgIpc) is 2.71. The smallest absolute Gasteiger partial charge is 0.249 e. The predicted octanol–water partition coefficient (Wildman–Crippen LogP) is 1.94. The van der Waals surface area contributed by atoms with Gasteiger partial charge in [0, 0.05) is 45.5 Å². The Morgan fingerprint density at radius 3 is 2.69 bits per heavy atom. The highest BCUT2D eigenvalue weighted by atomic mass is 32.2. The average molecular weight is 429 g/mol. The van der Waals surface area contributed by atoms with Gasteiger partial charge < -0.3 is 14.4 Å². The second-order valence-corrected chi connectivity index (χ2v) is 9.55. The van der Waals surface area contributed by atoms with E-state index in [0.29, 0.717) is 31.7 Å². The maximum atomic E-state index is 13.7. The van der Waals surface area contributed by atoms with Crippen LogP contribution in [0.2, 0.25) is 0 Å². The van der Waals surface area contributed by atoms with E-state index in [4.69, 9.17) is 9.47 Å². The molecular formula is C20H29FN2O5S. The zero-order valence-electron chi connectivity index (χ0n) is 17.0. The highest BCUT2D eigenvalue weighted by molar-refractivity contribution is 7.89. The van der Waals surface area contributed by atoms with Crippen LogP contribution in [0.4, 0.5) is 4.39 Å². The quantitative estimate of drug-likeness (QED) is 0.692. The standard InChI is InChI=1S/C20H29FN2O5S/c1-15-5-6-16(21)12-19(15)29(25,26)22-9-3-4-18(13-22)23(20(24)14-27-2)17-7-10-28-11-8-17/h5-6,12,17-18H,3-4,7-11,13-14H2,1-2H3. The van der Waals surface area contributed by atoms with E-state index in [1.807, 2.05) is 4.90 Å². The molecule has 1 aromatic rings. The van der Waals surface area contributed by atoms with Crippen LogP contribution in [0.5, 0.6) is 0 Å². The number of carbonyl (C=O) groups is 1. The summed E-state index contributed by atoms with van der Waals surface area (Å²) in [6, 6.07) is 3.57. The number of rotatable bonds is 6. The minimum absolute atomic E-state index is 0.00922. The van der Waals surface area contributed by atoms with Crippen LogP contribution < -0.4 is 0 Å². The summed E-state index contributed by atoms with van der Waals surface area (Å²) in [5, 5.41) is 0. The molecule has 3 rings (SSSR count). The number of halogens is 1. The summed E-state index contributed by atoms with van der Waals surface area (Å²) in [6.45, 7) is 3.34. The molecule has 2 aliphatic rings. The van der Waals surface area contributed by atoms with E-state index in [2.05, 4.69) is 0 Å². The normalized spacial score (nSPS) is 21.8. The largest absolute Gasteiger partial charge is 0.381 e. The Morgan fingerprint density at radius 2 is 2.00 bits per heavy atom. The van der Waals surface area contributed by atoms with Crippen LogP contribution in [0.1, 0.15) is 31.2 Å². The van der Waals surface area contributed by atoms with Crippen LogP contribution >= 0.6 is 0 Å². The van der Waals surface area contributed by atoms with Crippen molar-refractivity contribution in [2.45, 2.75) is 49.6 Å². The Hall–Kier alpha value is -1.55. The lowest BCUT2D eigenvalue weighted by Gasteiger charge is -2.43. The number of aryl methyl sites for hydroxylation is 1. The van der Waals surface area contributed by atoms with Crippen molar-refractivity contribution in [3.63, 3.8) is 0 Å². The van der Waals surface area contributed by atoms with Gasteiger partial charge in [0.15, 0.2) is 0 Å². The fraction of sp³-hybridized carbons (Fsp3) is 0.650. The van der Waals surface area contributed by atoms with Crippen LogP contribution in [0.3, 0.4) is 0 Å². The Morgan fingerprint density at radius 1 is 1.28 bits per heavy atom. The fourth-order valence-electron chi connectivity index (χ4n) is 4.22. The van der Waals surface area contributed by atoms with Gasteiger partial charge >= 0.3 is 0 Å². The Bertz CT molecular complexity index is 826. The summed E-state index contributed by atoms with van der Waals surface area (Å²) >= 11 is 0. The van der Waals surface area contributed by atoms with Gasteiger partial charge in [0.25, 0.3) is 0 Å². The maximum Gasteiger partial charge on any atom is 0.249 e. The molecule has 1 atom stereocenters. The van der Waals surface area contributed by atoms with Crippen molar-refractivity contribution < 1.29 is 27.1 Å². The Balaban J connectivity index is 1.85. The van der Waals surface area contributed by atoms with Crippen molar-refractivity contribution in [1.29, 1.82) is 0 Å². The van der Waals surface area contributed by atoms with Crippen LogP contribution in [-0.4, -0.2) is 75.6 Å². The van der Waals surface area contributed by atoms with E-state index >= 15 is 0 Å². The van der Waals surface area contributed by atoms with Gasteiger partial charge in [0.2, 0.25) is 15.9 Å². The minimum Gasteiger partial charge on any atom is -0.381 e. The zero-order chi connectivity index (χ0) is 21.0. The number of nitrogens with zero attached hydrogens (tertiary/aromatic N) is 2. The second kappa shape index (κ2) is 9.51. The molecule has 0 aromatic heterocycles. The second-order valence-electron chi connectivity index (χ2n) is 7.65. The summed E-state index contributed by atoms with van der Waals surface area (Å²) in [5.41, 5.74) is 0.505. The van der Waals surface area contributed by atoms with Gasteiger partial charge in [-0.3, -0.25) is 4.79 Å². The number of hydrogen-bond donors (Lipinski definition) is 0. The highest BCUT2D eigenvalue weighted by Gasteiger charge is 2.38. The van der Waals surface area contributed by atoms with Crippen molar-refractivity contribution in [1.82, 2.24) is 9.21 Å². The number of amides is 1. The van der Waals surface area contributed by atoms with Gasteiger partial charge in [0.1, 0.15) is 12.4 Å². The number of sulfonamides is 1. The SMILES string of the molecule is COCC(=O)N(C1CCOCC1)C1CCCN(S(=O)(=O)c2cc(F)ccc2C)C1. The third kappa shape index (κ3) is 4.96. The number of methoxy groups -OCH3 is 1. The molecule has 29 heavy (non-hydrogen) atoms. The molecule has 2 heterocycles. The van der Waals surface area contributed by atoms with Crippen molar-refractivity contribution in [3.8, 4) is 0 Å². The van der Waals surface area contributed by atoms with Crippen molar-refractivity contribution in [3.05, 3.63) is 29.6 Å². The fourth-order valence-corrected chi connectivity index (χ4v) is 5.98. The van der Waals surface area contributed by atoms with Crippen LogP contribution in [0, 0.1) is 12.7 Å². The third-order valence-corrected chi connectivity index (χ3v) is 7.67. The Kier molecular flexibility index (Phi) is 7.26. The molecule has 1 amide bonds. The van der Waals surface area contributed by atoms with E-state index in [0.717, 1.165) is 25.3 Å². The molecule has 7 nitrogen and oxygen atoms in total. The number of carbonyl (C=O) groups excluding carboxylic acids is 1. The van der Waals surface area contributed by atoms with Gasteiger partial charge in [-0.2, -0.15) is 4.31 Å². The highest BCUT2D eigenvalue weighted by Crippen LogP contribution is 2.28. The summed E-state index contributed by atoms with van der Waals surface area (Å²) in [5.74, 6) is -0.715. The van der Waals surface area contributed by atoms with Crippen molar-refractivity contribution in [2.24, 2.45) is 0 Å². The summed E-state index contributed by atoms with van der Waals surface area (Å²) in [7, 11) is -2.37. The van der Waals surface area contributed by atoms with E-state index in [-0.39, 0.29) is 36.0 Å². The molecule has 162 valence electrons. The third-order valence-electron chi connectivity index (χ3n) is 5.66. The first-order chi connectivity index (χ1) is 13.8. The topological polar surface area (TPSA) is 76.2 Å². The van der Waals surface area contributed by atoms with Crippen molar-refractivity contribution >= 4 is 15.9 Å². The van der Waals surface area contributed by atoms with Gasteiger partial charge in [-0.25, -0.2) is 12.8 Å².